The molecule has 112 heavy (non-hydrogen) atoms. The summed E-state index contributed by atoms with van der Waals surface area (Å²) in [5.74, 6) is 5.56. The molecule has 0 saturated carbocycles. The third-order valence-corrected chi connectivity index (χ3v) is 17.6. The van der Waals surface area contributed by atoms with Crippen molar-refractivity contribution in [2.24, 2.45) is 0 Å². The number of ether oxygens (including phenoxy) is 8. The van der Waals surface area contributed by atoms with Crippen molar-refractivity contribution in [1.29, 1.82) is 0 Å². The summed E-state index contributed by atoms with van der Waals surface area (Å²) in [4.78, 5) is 37.9. The molecule has 16 nitrogen and oxygen atoms in total. The van der Waals surface area contributed by atoms with E-state index < -0.39 is 47.0 Å². The summed E-state index contributed by atoms with van der Waals surface area (Å²) in [6, 6.07) is 63.8. The minimum absolute atomic E-state index is 0.170. The van der Waals surface area contributed by atoms with Crippen LogP contribution in [0.25, 0.3) is 89.7 Å². The molecule has 8 bridgehead atoms. The van der Waals surface area contributed by atoms with Gasteiger partial charge in [-0.25, -0.2) is 29.9 Å². The van der Waals surface area contributed by atoms with E-state index >= 15 is 0 Å². The average molecular weight is 1520 g/mol. The molecule has 28 heteroatoms. The summed E-state index contributed by atoms with van der Waals surface area (Å²) >= 11 is 0. The van der Waals surface area contributed by atoms with Gasteiger partial charge in [-0.15, -0.1) is 0 Å². The van der Waals surface area contributed by atoms with E-state index in [0.29, 0.717) is 113 Å². The molecule has 0 amide bonds. The molecule has 5 heterocycles. The number of nitrogens with zero attached hydrogens (tertiary/aromatic N) is 6. The Labute approximate surface area is 623 Å². The quantitative estimate of drug-likeness (QED) is 0.0871. The number of rotatable bonds is 16. The molecular weight excluding hydrogens is 1480 g/mol. The summed E-state index contributed by atoms with van der Waals surface area (Å²) in [7, 11) is 0. The van der Waals surface area contributed by atoms with Crippen molar-refractivity contribution in [1.82, 2.24) is 39.9 Å². The monoisotopic (exact) mass is 1520 g/mol. The van der Waals surface area contributed by atoms with Crippen molar-refractivity contribution in [3.8, 4) is 138 Å². The summed E-state index contributed by atoms with van der Waals surface area (Å²) < 4.78 is 209. The second kappa shape index (κ2) is 28.0. The molecule has 0 spiro atoms. The third-order valence-electron chi connectivity index (χ3n) is 17.6. The Balaban J connectivity index is 0.770. The highest BCUT2D eigenvalue weighted by Gasteiger charge is 2.34. The van der Waals surface area contributed by atoms with E-state index in [9.17, 15) is 52.7 Å². The lowest BCUT2D eigenvalue weighted by atomic mass is 10.1. The minimum atomic E-state index is -4.52. The van der Waals surface area contributed by atoms with Gasteiger partial charge in [0.15, 0.2) is 23.3 Å². The Bertz CT molecular complexity index is 5900. The van der Waals surface area contributed by atoms with Gasteiger partial charge in [-0.2, -0.15) is 52.7 Å². The standard InChI is InChI=1S/C84H46F12N8O8/c85-81(86,87)45-1-9-49(10-2-45)105-53-17-25-57(26-18-53)109-61-33-37-65-69(41-61)77-97-73(65)102-78-71-43-63(111-59-29-21-55(22-30-59)107-51-13-5-47(6-14-51)83(91,92)93)35-39-67(71)75(99-78)104-80-72-44-64(112-60-31-23-56(24-32-60)108-52-15-7-48(8-16-52)84(94,95)96)36-40-68(72)76(100-80)103-79-70-42-62(34-38-66(70)74(98-79)101-77)110-58-27-19-54(20-28-58)106-50-11-3-46(4-12-50)82(88,89)90/h1-44H,(H2,97,98,99,100,101,102,103,104). The highest BCUT2D eigenvalue weighted by atomic mass is 19.4. The van der Waals surface area contributed by atoms with Crippen LogP contribution >= 0.6 is 0 Å². The lowest BCUT2D eigenvalue weighted by Crippen LogP contribution is -2.03. The molecule has 0 atom stereocenters. The Morgan fingerprint density at radius 2 is 0.357 bits per heavy atom. The zero-order valence-corrected chi connectivity index (χ0v) is 56.9. The van der Waals surface area contributed by atoms with Crippen LogP contribution in [-0.2, 0) is 24.7 Å². The third kappa shape index (κ3) is 15.1. The second-order valence-corrected chi connectivity index (χ2v) is 25.2. The van der Waals surface area contributed by atoms with Gasteiger partial charge in [0.1, 0.15) is 115 Å². The van der Waals surface area contributed by atoms with Crippen LogP contribution in [0.5, 0.6) is 92.0 Å². The first-order valence-corrected chi connectivity index (χ1v) is 33.7. The van der Waals surface area contributed by atoms with Crippen molar-refractivity contribution in [2.75, 3.05) is 0 Å². The van der Waals surface area contributed by atoms with Crippen LogP contribution in [-0.4, -0.2) is 39.9 Å². The van der Waals surface area contributed by atoms with E-state index in [0.717, 1.165) is 48.5 Å². The summed E-state index contributed by atoms with van der Waals surface area (Å²) in [5.41, 5.74) is -0.261. The number of nitrogens with one attached hydrogen (secondary N) is 2. The van der Waals surface area contributed by atoms with Crippen molar-refractivity contribution in [3.05, 3.63) is 289 Å². The predicted octanol–water partition coefficient (Wildman–Crippen LogP) is 25.3. The molecule has 15 aromatic rings. The molecule has 0 saturated heterocycles. The summed E-state index contributed by atoms with van der Waals surface area (Å²) in [5, 5.41) is 2.08. The van der Waals surface area contributed by atoms with E-state index in [-0.39, 0.29) is 68.9 Å². The Kier molecular flexibility index (Phi) is 17.6. The number of aromatic nitrogens is 8. The van der Waals surface area contributed by atoms with Crippen LogP contribution < -0.4 is 37.9 Å². The first-order chi connectivity index (χ1) is 53.8. The van der Waals surface area contributed by atoms with Crippen LogP contribution in [0, 0.1) is 0 Å². The van der Waals surface area contributed by atoms with Gasteiger partial charge in [-0.05, 0) is 267 Å². The van der Waals surface area contributed by atoms with Gasteiger partial charge in [-0.3, -0.25) is 0 Å². The molecule has 0 radical (unpaired) electrons. The molecule has 3 aromatic heterocycles. The number of hydrogen-bond acceptors (Lipinski definition) is 14. The number of H-pyrrole nitrogens is 2. The highest BCUT2D eigenvalue weighted by molar-refractivity contribution is 6.07. The van der Waals surface area contributed by atoms with E-state index in [4.69, 9.17) is 67.8 Å². The van der Waals surface area contributed by atoms with Crippen molar-refractivity contribution in [3.63, 3.8) is 0 Å². The molecule has 12 aromatic carbocycles. The first kappa shape index (κ1) is 70.5. The normalized spacial score (nSPS) is 12.1. The van der Waals surface area contributed by atoms with Gasteiger partial charge in [0.2, 0.25) is 0 Å². The van der Waals surface area contributed by atoms with Gasteiger partial charge in [0, 0.05) is 43.8 Å². The number of benzene rings is 12. The number of fused-ring (bicyclic) bond motifs is 20. The van der Waals surface area contributed by atoms with E-state index in [1.807, 2.05) is 0 Å². The molecule has 0 unspecified atom stereocenters. The Morgan fingerprint density at radius 1 is 0.179 bits per heavy atom. The maximum atomic E-state index is 13.3. The van der Waals surface area contributed by atoms with Crippen LogP contribution in [0.3, 0.4) is 0 Å². The smallest absolute Gasteiger partial charge is 0.416 e. The van der Waals surface area contributed by atoms with Gasteiger partial charge in [0.05, 0.1) is 22.3 Å². The van der Waals surface area contributed by atoms with E-state index in [1.54, 1.807) is 170 Å². The fraction of sp³-hybridized carbons (Fsp3) is 0.0476. The molecule has 2 aliphatic rings. The fourth-order valence-corrected chi connectivity index (χ4v) is 12.2. The maximum Gasteiger partial charge on any atom is 0.416 e. The minimum Gasteiger partial charge on any atom is -0.457 e. The van der Waals surface area contributed by atoms with Crippen molar-refractivity contribution in [2.45, 2.75) is 24.7 Å². The van der Waals surface area contributed by atoms with Crippen LogP contribution in [0.4, 0.5) is 52.7 Å². The molecule has 17 rings (SSSR count). The van der Waals surface area contributed by atoms with Crippen molar-refractivity contribution < 1.29 is 90.6 Å². The fourth-order valence-electron chi connectivity index (χ4n) is 12.2. The second-order valence-electron chi connectivity index (χ2n) is 25.2. The lowest BCUT2D eigenvalue weighted by Gasteiger charge is -2.10. The number of alkyl halides is 12. The van der Waals surface area contributed by atoms with Gasteiger partial charge in [0.25, 0.3) is 0 Å². The van der Waals surface area contributed by atoms with Gasteiger partial charge >= 0.3 is 24.7 Å². The van der Waals surface area contributed by atoms with Crippen LogP contribution in [0.1, 0.15) is 22.3 Å². The predicted molar refractivity (Wildman–Crippen MR) is 388 cm³/mol. The zero-order chi connectivity index (χ0) is 77.2. The summed E-state index contributed by atoms with van der Waals surface area (Å²) in [6.07, 6.45) is -18.1. The first-order valence-electron chi connectivity index (χ1n) is 33.7. The van der Waals surface area contributed by atoms with E-state index in [2.05, 4.69) is 9.97 Å². The highest BCUT2D eigenvalue weighted by Crippen LogP contribution is 2.45. The molecule has 0 fully saturated rings. The summed E-state index contributed by atoms with van der Waals surface area (Å²) in [6.45, 7) is 0. The number of halogens is 12. The SMILES string of the molecule is FC(F)(F)c1ccc(Oc2ccc(Oc3ccc4c(c3)-c3nc-4nc4[nH]c(nc5nc(nc6[nH]c(n3)c3ccc(Oc7ccc(Oc8ccc(C(F)(F)F)cc8)cc7)cc63)-c3ccc(Oc6ccc(Oc7ccc(C(F)(F)F)cc7)cc6)cc3-5)c3ccc(Oc5ccc(Oc6ccc(C(F)(F)F)cc6)cc5)cc43)cc2)cc1. The Hall–Kier alpha value is -14.4. The largest absolute Gasteiger partial charge is 0.457 e. The number of aromatic amines is 2. The van der Waals surface area contributed by atoms with Crippen molar-refractivity contribution >= 4 is 44.1 Å². The van der Waals surface area contributed by atoms with Gasteiger partial charge in [-0.1, -0.05) is 0 Å². The maximum absolute atomic E-state index is 13.3. The molecule has 2 aliphatic heterocycles. The lowest BCUT2D eigenvalue weighted by molar-refractivity contribution is -0.138. The molecule has 554 valence electrons. The van der Waals surface area contributed by atoms with Crippen LogP contribution in [0.2, 0.25) is 0 Å². The zero-order valence-electron chi connectivity index (χ0n) is 56.9. The number of hydrogen-bond donors (Lipinski definition) is 2. The van der Waals surface area contributed by atoms with E-state index in [1.165, 1.54) is 48.5 Å². The van der Waals surface area contributed by atoms with Crippen LogP contribution in [0.15, 0.2) is 267 Å². The molecule has 2 N–H and O–H groups in total. The topological polar surface area (TPSA) is 183 Å². The average Bonchev–Trinajstić information content (AvgIpc) is 1.58. The van der Waals surface area contributed by atoms with Gasteiger partial charge < -0.3 is 47.9 Å². The Morgan fingerprint density at radius 3 is 0.589 bits per heavy atom. The molecule has 0 aliphatic carbocycles. The molecular formula is C84H46F12N8O8.